The first-order valence-electron chi connectivity index (χ1n) is 15.4. The first-order chi connectivity index (χ1) is 21.0. The number of rotatable bonds is 10. The molecule has 2 aliphatic rings. The minimum atomic E-state index is -0.553. The van der Waals surface area contributed by atoms with Crippen molar-refractivity contribution in [3.05, 3.63) is 99.9 Å². The van der Waals surface area contributed by atoms with Crippen LogP contribution in [0.5, 0.6) is 0 Å². The van der Waals surface area contributed by atoms with Gasteiger partial charge in [0.2, 0.25) is 0 Å². The minimum absolute atomic E-state index is 0.0673. The molecule has 8 heteroatoms. The highest BCUT2D eigenvalue weighted by atomic mass is 32.1. The van der Waals surface area contributed by atoms with E-state index < -0.39 is 6.10 Å². The molecule has 0 bridgehead atoms. The molecule has 43 heavy (non-hydrogen) atoms. The van der Waals surface area contributed by atoms with Gasteiger partial charge >= 0.3 is 0 Å². The molecule has 6 rings (SSSR count). The lowest BCUT2D eigenvalue weighted by Crippen LogP contribution is -2.32. The minimum Gasteiger partial charge on any atom is -0.393 e. The molecule has 2 aromatic carbocycles. The van der Waals surface area contributed by atoms with E-state index in [9.17, 15) is 14.7 Å². The van der Waals surface area contributed by atoms with Crippen LogP contribution in [-0.2, 0) is 6.42 Å². The van der Waals surface area contributed by atoms with Crippen LogP contribution in [0.15, 0.2) is 72.5 Å². The Hall–Kier alpha value is -3.75. The molecule has 1 saturated heterocycles. The molecule has 1 saturated carbocycles. The van der Waals surface area contributed by atoms with Crippen LogP contribution in [-0.4, -0.2) is 49.3 Å². The smallest absolute Gasteiger partial charge is 0.254 e. The highest BCUT2D eigenvalue weighted by Crippen LogP contribution is 2.36. The summed E-state index contributed by atoms with van der Waals surface area (Å²) in [4.78, 5) is 43.4. The molecule has 0 unspecified atom stereocenters. The molecule has 2 aromatic heterocycles. The number of carbonyl (C=O) groups excluding carboxylic acids is 2. The number of hydrogen-bond donors (Lipinski definition) is 1. The molecule has 0 radical (unpaired) electrons. The van der Waals surface area contributed by atoms with Crippen molar-refractivity contribution in [3.63, 3.8) is 0 Å². The lowest BCUT2D eigenvalue weighted by molar-refractivity contribution is 0.0456. The van der Waals surface area contributed by atoms with E-state index in [2.05, 4.69) is 27.1 Å². The standard InChI is InChI=1S/C35H38N4O3S/c1-23-22-43-34(38-23)31-12-7-15-39(31)35(42)29-18-26(30-21-36-13-14-37-30)17-27(19-29)32(40)20-28(16-24-8-3-2-4-9-24)33(41)25-10-5-6-11-25/h2-4,8-9,13-14,17-19,21-22,25,28,31,33,41H,5-7,10-12,15-16,20H2,1H3/t28-,31-,33-/m1/s1. The number of amides is 1. The second-order valence-corrected chi connectivity index (χ2v) is 12.9. The zero-order chi connectivity index (χ0) is 29.8. The molecule has 1 N–H and O–H groups in total. The van der Waals surface area contributed by atoms with Crippen molar-refractivity contribution >= 4 is 23.0 Å². The largest absolute Gasteiger partial charge is 0.393 e. The van der Waals surface area contributed by atoms with E-state index in [4.69, 9.17) is 0 Å². The number of nitrogens with zero attached hydrogens (tertiary/aromatic N) is 4. The predicted molar refractivity (Wildman–Crippen MR) is 168 cm³/mol. The van der Waals surface area contributed by atoms with Crippen LogP contribution in [0.3, 0.4) is 0 Å². The highest BCUT2D eigenvalue weighted by Gasteiger charge is 2.34. The van der Waals surface area contributed by atoms with Gasteiger partial charge in [-0.3, -0.25) is 19.6 Å². The van der Waals surface area contributed by atoms with Gasteiger partial charge in [-0.15, -0.1) is 11.3 Å². The molecule has 1 aliphatic heterocycles. The van der Waals surface area contributed by atoms with Crippen molar-refractivity contribution < 1.29 is 14.7 Å². The first kappa shape index (κ1) is 29.3. The van der Waals surface area contributed by atoms with Gasteiger partial charge in [0.1, 0.15) is 5.01 Å². The van der Waals surface area contributed by atoms with Crippen molar-refractivity contribution in [2.24, 2.45) is 11.8 Å². The molecule has 222 valence electrons. The van der Waals surface area contributed by atoms with E-state index in [1.165, 1.54) is 0 Å². The summed E-state index contributed by atoms with van der Waals surface area (Å²) < 4.78 is 0. The zero-order valence-electron chi connectivity index (χ0n) is 24.6. The summed E-state index contributed by atoms with van der Waals surface area (Å²) in [6.45, 7) is 2.62. The van der Waals surface area contributed by atoms with Gasteiger partial charge in [0, 0.05) is 53.1 Å². The number of aromatic nitrogens is 3. The molecule has 1 aliphatic carbocycles. The van der Waals surface area contributed by atoms with Gasteiger partial charge in [-0.2, -0.15) is 0 Å². The second kappa shape index (κ2) is 13.3. The maximum Gasteiger partial charge on any atom is 0.254 e. The molecule has 4 aromatic rings. The van der Waals surface area contributed by atoms with E-state index in [0.717, 1.165) is 54.8 Å². The number of thiazole rings is 1. The number of likely N-dealkylation sites (tertiary alicyclic amines) is 1. The van der Waals surface area contributed by atoms with Gasteiger partial charge in [-0.1, -0.05) is 43.2 Å². The van der Waals surface area contributed by atoms with Crippen LogP contribution in [0.4, 0.5) is 0 Å². The Morgan fingerprint density at radius 1 is 1.02 bits per heavy atom. The number of benzene rings is 2. The zero-order valence-corrected chi connectivity index (χ0v) is 25.4. The fourth-order valence-electron chi connectivity index (χ4n) is 6.74. The maximum atomic E-state index is 14.1. The Labute approximate surface area is 257 Å². The van der Waals surface area contributed by atoms with E-state index in [1.54, 1.807) is 36.0 Å². The fourth-order valence-corrected chi connectivity index (χ4v) is 7.68. The van der Waals surface area contributed by atoms with Gasteiger partial charge in [0.25, 0.3) is 5.91 Å². The van der Waals surface area contributed by atoms with Crippen LogP contribution in [0.2, 0.25) is 0 Å². The summed E-state index contributed by atoms with van der Waals surface area (Å²) in [5.74, 6) is -0.187. The molecule has 7 nitrogen and oxygen atoms in total. The number of aliphatic hydroxyl groups is 1. The third kappa shape index (κ3) is 6.76. The second-order valence-electron chi connectivity index (χ2n) is 12.0. The van der Waals surface area contributed by atoms with Gasteiger partial charge in [-0.05, 0) is 74.6 Å². The van der Waals surface area contributed by atoms with Crippen LogP contribution in [0.1, 0.15) is 88.0 Å². The summed E-state index contributed by atoms with van der Waals surface area (Å²) in [6.07, 6.45) is 11.2. The van der Waals surface area contributed by atoms with Crippen molar-refractivity contribution in [3.8, 4) is 11.3 Å². The van der Waals surface area contributed by atoms with Gasteiger partial charge in [-0.25, -0.2) is 4.98 Å². The Kier molecular flexibility index (Phi) is 9.05. The lowest BCUT2D eigenvalue weighted by atomic mass is 9.81. The van der Waals surface area contributed by atoms with Crippen molar-refractivity contribution in [2.75, 3.05) is 6.54 Å². The number of aryl methyl sites for hydroxylation is 1. The highest BCUT2D eigenvalue weighted by molar-refractivity contribution is 7.09. The number of hydrogen-bond acceptors (Lipinski definition) is 7. The number of carbonyl (C=O) groups is 2. The first-order valence-corrected chi connectivity index (χ1v) is 16.2. The Morgan fingerprint density at radius 2 is 1.81 bits per heavy atom. The SMILES string of the molecule is Cc1csc([C@H]2CCCN2C(=O)c2cc(C(=O)C[C@@H](Cc3ccccc3)[C@H](O)C3CCCC3)cc(-c3cnccn3)c2)n1. The Bertz CT molecular complexity index is 1550. The number of ketones is 1. The number of aliphatic hydroxyl groups excluding tert-OH is 1. The van der Waals surface area contributed by atoms with Crippen molar-refractivity contribution in [1.29, 1.82) is 0 Å². The normalized spacial score (nSPS) is 18.6. The molecule has 2 fully saturated rings. The van der Waals surface area contributed by atoms with Crippen LogP contribution in [0, 0.1) is 18.8 Å². The summed E-state index contributed by atoms with van der Waals surface area (Å²) in [5.41, 5.74) is 4.28. The van der Waals surface area contributed by atoms with E-state index in [0.29, 0.717) is 35.3 Å². The summed E-state index contributed by atoms with van der Waals surface area (Å²) in [7, 11) is 0. The van der Waals surface area contributed by atoms with Crippen LogP contribution < -0.4 is 0 Å². The summed E-state index contributed by atoms with van der Waals surface area (Å²) in [5, 5.41) is 14.5. The molecule has 3 atom stereocenters. The van der Waals surface area contributed by atoms with E-state index in [-0.39, 0.29) is 36.0 Å². The van der Waals surface area contributed by atoms with E-state index >= 15 is 0 Å². The quantitative estimate of drug-likeness (QED) is 0.201. The van der Waals surface area contributed by atoms with E-state index in [1.807, 2.05) is 47.5 Å². The topological polar surface area (TPSA) is 96.3 Å². The van der Waals surface area contributed by atoms with Crippen LogP contribution >= 0.6 is 11.3 Å². The molecule has 1 amide bonds. The average Bonchev–Trinajstić information content (AvgIpc) is 3.83. The maximum absolute atomic E-state index is 14.1. The number of Topliss-reactive ketones (excluding diaryl/α,β-unsaturated/α-hetero) is 1. The Morgan fingerprint density at radius 3 is 2.53 bits per heavy atom. The van der Waals surface area contributed by atoms with Crippen molar-refractivity contribution in [2.45, 2.75) is 70.4 Å². The fraction of sp³-hybridized carbons (Fsp3) is 0.400. The third-order valence-electron chi connectivity index (χ3n) is 8.95. The van der Waals surface area contributed by atoms with Gasteiger partial charge in [0.15, 0.2) is 5.78 Å². The third-order valence-corrected chi connectivity index (χ3v) is 10.0. The predicted octanol–water partition coefficient (Wildman–Crippen LogP) is 6.87. The van der Waals surface area contributed by atoms with Gasteiger partial charge < -0.3 is 10.0 Å². The lowest BCUT2D eigenvalue weighted by Gasteiger charge is -2.27. The average molecular weight is 595 g/mol. The van der Waals surface area contributed by atoms with Crippen molar-refractivity contribution in [1.82, 2.24) is 19.9 Å². The molecule has 0 spiro atoms. The Balaban J connectivity index is 1.32. The molecular formula is C35H38N4O3S. The summed E-state index contributed by atoms with van der Waals surface area (Å²) >= 11 is 1.59. The monoisotopic (exact) mass is 594 g/mol. The van der Waals surface area contributed by atoms with Crippen LogP contribution in [0.25, 0.3) is 11.3 Å². The molecular weight excluding hydrogens is 556 g/mol. The summed E-state index contributed by atoms with van der Waals surface area (Å²) in [6, 6.07) is 15.4. The van der Waals surface area contributed by atoms with Gasteiger partial charge in [0.05, 0.1) is 24.0 Å². The molecule has 3 heterocycles.